The molecule has 0 amide bonds. The van der Waals surface area contributed by atoms with Crippen molar-refractivity contribution in [1.29, 1.82) is 0 Å². The van der Waals surface area contributed by atoms with Crippen LogP contribution in [0.4, 0.5) is 5.69 Å². The van der Waals surface area contributed by atoms with Gasteiger partial charge in [-0.3, -0.25) is 4.68 Å². The number of hydrogen-bond donors (Lipinski definition) is 1. The maximum atomic E-state index is 4.52. The third-order valence-electron chi connectivity index (χ3n) is 4.35. The molecule has 1 fully saturated rings. The fourth-order valence-corrected chi connectivity index (χ4v) is 3.20. The summed E-state index contributed by atoms with van der Waals surface area (Å²) in [5, 5.41) is 9.20. The predicted octanol–water partition coefficient (Wildman–Crippen LogP) is 3.27. The van der Waals surface area contributed by atoms with E-state index in [-0.39, 0.29) is 0 Å². The third-order valence-corrected chi connectivity index (χ3v) is 4.35. The van der Waals surface area contributed by atoms with E-state index in [2.05, 4.69) is 28.4 Å². The molecule has 0 saturated heterocycles. The van der Waals surface area contributed by atoms with E-state index in [4.69, 9.17) is 0 Å². The summed E-state index contributed by atoms with van der Waals surface area (Å²) in [5.74, 6) is 0.898. The van der Waals surface area contributed by atoms with Gasteiger partial charge in [0.15, 0.2) is 5.65 Å². The smallest absolute Gasteiger partial charge is 0.157 e. The molecule has 2 unspecified atom stereocenters. The van der Waals surface area contributed by atoms with E-state index in [1.165, 1.54) is 25.7 Å². The van der Waals surface area contributed by atoms with Gasteiger partial charge in [-0.1, -0.05) is 13.3 Å². The summed E-state index contributed by atoms with van der Waals surface area (Å²) in [5.41, 5.74) is 3.14. The first-order chi connectivity index (χ1) is 9.17. The lowest BCUT2D eigenvalue weighted by Crippen LogP contribution is -2.15. The summed E-state index contributed by atoms with van der Waals surface area (Å²) in [6.07, 6.45) is 7.17. The van der Waals surface area contributed by atoms with Crippen LogP contribution in [0.1, 0.15) is 38.3 Å². The van der Waals surface area contributed by atoms with E-state index in [0.717, 1.165) is 28.3 Å². The van der Waals surface area contributed by atoms with Crippen molar-refractivity contribution in [2.45, 2.75) is 45.6 Å². The summed E-state index contributed by atoms with van der Waals surface area (Å²) in [6.45, 7) is 4.33. The quantitative estimate of drug-likeness (QED) is 0.918. The van der Waals surface area contributed by atoms with Gasteiger partial charge in [0.2, 0.25) is 0 Å². The normalized spacial score (nSPS) is 23.1. The van der Waals surface area contributed by atoms with Crippen molar-refractivity contribution < 1.29 is 0 Å². The summed E-state index contributed by atoms with van der Waals surface area (Å²) in [7, 11) is 1.94. The van der Waals surface area contributed by atoms with Crippen molar-refractivity contribution in [1.82, 2.24) is 14.8 Å². The van der Waals surface area contributed by atoms with Crippen LogP contribution in [-0.2, 0) is 7.05 Å². The lowest BCUT2D eigenvalue weighted by atomic mass is 10.1. The standard InChI is InChI=1S/C15H22N4/c1-4-11-5-6-12(7-11)17-13-8-14-10(2)18-19(3)15(14)16-9-13/h8-9,11-12,17H,4-7H2,1-3H3. The topological polar surface area (TPSA) is 42.7 Å². The van der Waals surface area contributed by atoms with E-state index >= 15 is 0 Å². The molecule has 2 heterocycles. The largest absolute Gasteiger partial charge is 0.381 e. The van der Waals surface area contributed by atoms with Crippen molar-refractivity contribution in [3.63, 3.8) is 0 Å². The molecule has 0 radical (unpaired) electrons. The number of fused-ring (bicyclic) bond motifs is 1. The second-order valence-corrected chi connectivity index (χ2v) is 5.73. The van der Waals surface area contributed by atoms with E-state index in [1.54, 1.807) is 0 Å². The average Bonchev–Trinajstić information content (AvgIpc) is 2.96. The fourth-order valence-electron chi connectivity index (χ4n) is 3.20. The van der Waals surface area contributed by atoms with Gasteiger partial charge < -0.3 is 5.32 Å². The number of anilines is 1. The Balaban J connectivity index is 1.80. The van der Waals surface area contributed by atoms with Crippen LogP contribution in [-0.4, -0.2) is 20.8 Å². The zero-order valence-corrected chi connectivity index (χ0v) is 12.0. The summed E-state index contributed by atoms with van der Waals surface area (Å²) < 4.78 is 1.84. The van der Waals surface area contributed by atoms with Crippen LogP contribution < -0.4 is 5.32 Å². The highest BCUT2D eigenvalue weighted by molar-refractivity contribution is 5.81. The Bertz CT molecular complexity index is 587. The average molecular weight is 258 g/mol. The van der Waals surface area contributed by atoms with Gasteiger partial charge in [-0.15, -0.1) is 0 Å². The molecular weight excluding hydrogens is 236 g/mol. The van der Waals surface area contributed by atoms with E-state index < -0.39 is 0 Å². The van der Waals surface area contributed by atoms with Crippen LogP contribution in [0, 0.1) is 12.8 Å². The van der Waals surface area contributed by atoms with Crippen LogP contribution in [0.3, 0.4) is 0 Å². The molecule has 2 atom stereocenters. The Morgan fingerprint density at radius 3 is 3.00 bits per heavy atom. The van der Waals surface area contributed by atoms with E-state index in [1.807, 2.05) is 24.9 Å². The first-order valence-electron chi connectivity index (χ1n) is 7.23. The van der Waals surface area contributed by atoms with Crippen LogP contribution in [0.2, 0.25) is 0 Å². The number of aryl methyl sites for hydroxylation is 2. The second-order valence-electron chi connectivity index (χ2n) is 5.73. The highest BCUT2D eigenvalue weighted by atomic mass is 15.3. The summed E-state index contributed by atoms with van der Waals surface area (Å²) in [4.78, 5) is 4.52. The maximum absolute atomic E-state index is 4.52. The molecule has 1 aliphatic carbocycles. The van der Waals surface area contributed by atoms with Crippen molar-refractivity contribution in [3.8, 4) is 0 Å². The molecule has 2 aromatic heterocycles. The molecule has 4 heteroatoms. The zero-order valence-electron chi connectivity index (χ0n) is 12.0. The minimum Gasteiger partial charge on any atom is -0.381 e. The van der Waals surface area contributed by atoms with Crippen LogP contribution in [0.25, 0.3) is 11.0 Å². The molecule has 4 nitrogen and oxygen atoms in total. The van der Waals surface area contributed by atoms with Gasteiger partial charge in [-0.2, -0.15) is 5.10 Å². The Morgan fingerprint density at radius 1 is 1.42 bits per heavy atom. The molecule has 0 spiro atoms. The molecule has 2 aromatic rings. The van der Waals surface area contributed by atoms with Gasteiger partial charge >= 0.3 is 0 Å². The Kier molecular flexibility index (Phi) is 3.17. The van der Waals surface area contributed by atoms with Gasteiger partial charge in [-0.25, -0.2) is 4.98 Å². The highest BCUT2D eigenvalue weighted by Crippen LogP contribution is 2.30. The van der Waals surface area contributed by atoms with Crippen LogP contribution in [0.5, 0.6) is 0 Å². The molecular formula is C15H22N4. The zero-order chi connectivity index (χ0) is 13.4. The summed E-state index contributed by atoms with van der Waals surface area (Å²) in [6, 6.07) is 2.80. The van der Waals surface area contributed by atoms with Gasteiger partial charge in [0.1, 0.15) is 0 Å². The molecule has 102 valence electrons. The van der Waals surface area contributed by atoms with Crippen LogP contribution >= 0.6 is 0 Å². The fraction of sp³-hybridized carbons (Fsp3) is 0.600. The number of nitrogens with one attached hydrogen (secondary N) is 1. The number of rotatable bonds is 3. The number of hydrogen-bond acceptors (Lipinski definition) is 3. The van der Waals surface area contributed by atoms with Gasteiger partial charge in [0.05, 0.1) is 17.6 Å². The first kappa shape index (κ1) is 12.5. The lowest BCUT2D eigenvalue weighted by Gasteiger charge is -2.14. The summed E-state index contributed by atoms with van der Waals surface area (Å²) >= 11 is 0. The monoisotopic (exact) mass is 258 g/mol. The van der Waals surface area contributed by atoms with Crippen molar-refractivity contribution in [3.05, 3.63) is 18.0 Å². The van der Waals surface area contributed by atoms with Crippen molar-refractivity contribution in [2.75, 3.05) is 5.32 Å². The molecule has 1 N–H and O–H groups in total. The predicted molar refractivity (Wildman–Crippen MR) is 78.3 cm³/mol. The minimum atomic E-state index is 0.612. The number of nitrogens with zero attached hydrogens (tertiary/aromatic N) is 3. The molecule has 0 bridgehead atoms. The van der Waals surface area contributed by atoms with Crippen molar-refractivity contribution >= 4 is 16.7 Å². The molecule has 1 saturated carbocycles. The third kappa shape index (κ3) is 2.31. The van der Waals surface area contributed by atoms with E-state index in [0.29, 0.717) is 6.04 Å². The SMILES string of the molecule is CCC1CCC(Nc2cnc3c(c2)c(C)nn3C)C1. The van der Waals surface area contributed by atoms with Crippen molar-refractivity contribution in [2.24, 2.45) is 13.0 Å². The Labute approximate surface area is 114 Å². The minimum absolute atomic E-state index is 0.612. The van der Waals surface area contributed by atoms with E-state index in [9.17, 15) is 0 Å². The Hall–Kier alpha value is -1.58. The molecule has 0 aliphatic heterocycles. The molecule has 19 heavy (non-hydrogen) atoms. The number of aromatic nitrogens is 3. The molecule has 3 rings (SSSR count). The number of pyridine rings is 1. The maximum Gasteiger partial charge on any atom is 0.157 e. The molecule has 1 aliphatic rings. The van der Waals surface area contributed by atoms with Crippen LogP contribution in [0.15, 0.2) is 12.3 Å². The second kappa shape index (κ2) is 4.83. The van der Waals surface area contributed by atoms with Gasteiger partial charge in [-0.05, 0) is 38.2 Å². The lowest BCUT2D eigenvalue weighted by molar-refractivity contribution is 0.525. The van der Waals surface area contributed by atoms with Gasteiger partial charge in [0, 0.05) is 18.5 Å². The Morgan fingerprint density at radius 2 is 2.26 bits per heavy atom. The molecule has 0 aromatic carbocycles. The first-order valence-corrected chi connectivity index (χ1v) is 7.23. The van der Waals surface area contributed by atoms with Gasteiger partial charge in [0.25, 0.3) is 0 Å². The highest BCUT2D eigenvalue weighted by Gasteiger charge is 2.23.